The topological polar surface area (TPSA) is 69.4 Å². The van der Waals surface area contributed by atoms with Crippen LogP contribution in [0.3, 0.4) is 0 Å². The molecule has 5 nitrogen and oxygen atoms in total. The minimum Gasteiger partial charge on any atom is -0.496 e. The van der Waals surface area contributed by atoms with Gasteiger partial charge in [-0.05, 0) is 30.2 Å². The number of hydrogen-bond donors (Lipinski definition) is 2. The standard InChI is InChI=1S/C15H19N3O2/c1-10-7-11(9-17-8-10)15(18-16)14-12(19-2)5-4-6-13(14)20-3/h4-9,15,18H,16H2,1-3H3. The molecule has 0 spiro atoms. The molecule has 0 radical (unpaired) electrons. The number of nitrogens with zero attached hydrogens (tertiary/aromatic N) is 1. The van der Waals surface area contributed by atoms with Gasteiger partial charge < -0.3 is 9.47 Å². The van der Waals surface area contributed by atoms with Gasteiger partial charge in [-0.15, -0.1) is 0 Å². The molecule has 1 aromatic carbocycles. The highest BCUT2D eigenvalue weighted by atomic mass is 16.5. The second kappa shape index (κ2) is 6.36. The first kappa shape index (κ1) is 14.3. The van der Waals surface area contributed by atoms with Crippen LogP contribution in [0.2, 0.25) is 0 Å². The zero-order valence-corrected chi connectivity index (χ0v) is 11.9. The molecule has 0 aliphatic carbocycles. The van der Waals surface area contributed by atoms with E-state index < -0.39 is 0 Å². The third-order valence-corrected chi connectivity index (χ3v) is 3.15. The van der Waals surface area contributed by atoms with E-state index in [9.17, 15) is 0 Å². The SMILES string of the molecule is COc1cccc(OC)c1C(NN)c1cncc(C)c1. The summed E-state index contributed by atoms with van der Waals surface area (Å²) in [6, 6.07) is 7.41. The van der Waals surface area contributed by atoms with Crippen molar-refractivity contribution in [3.05, 3.63) is 53.3 Å². The van der Waals surface area contributed by atoms with Crippen LogP contribution in [0.5, 0.6) is 11.5 Å². The molecule has 0 saturated heterocycles. The van der Waals surface area contributed by atoms with Crippen LogP contribution in [-0.4, -0.2) is 19.2 Å². The van der Waals surface area contributed by atoms with E-state index in [1.807, 2.05) is 31.2 Å². The van der Waals surface area contributed by atoms with Crippen LogP contribution in [0.1, 0.15) is 22.7 Å². The Morgan fingerprint density at radius 1 is 1.15 bits per heavy atom. The van der Waals surface area contributed by atoms with Crippen molar-refractivity contribution in [1.29, 1.82) is 0 Å². The van der Waals surface area contributed by atoms with Gasteiger partial charge in [0.25, 0.3) is 0 Å². The summed E-state index contributed by atoms with van der Waals surface area (Å²) in [5, 5.41) is 0. The van der Waals surface area contributed by atoms with Crippen LogP contribution in [0.15, 0.2) is 36.7 Å². The molecule has 106 valence electrons. The third kappa shape index (κ3) is 2.74. The van der Waals surface area contributed by atoms with E-state index in [2.05, 4.69) is 10.4 Å². The van der Waals surface area contributed by atoms with E-state index in [4.69, 9.17) is 15.3 Å². The summed E-state index contributed by atoms with van der Waals surface area (Å²) in [6.45, 7) is 1.99. The van der Waals surface area contributed by atoms with Gasteiger partial charge in [0.05, 0.1) is 25.8 Å². The fraction of sp³-hybridized carbons (Fsp3) is 0.267. The largest absolute Gasteiger partial charge is 0.496 e. The first-order valence-corrected chi connectivity index (χ1v) is 6.29. The number of hydrazine groups is 1. The molecule has 0 saturated carbocycles. The predicted octanol–water partition coefficient (Wildman–Crippen LogP) is 1.96. The number of ether oxygens (including phenoxy) is 2. The lowest BCUT2D eigenvalue weighted by atomic mass is 9.98. The first-order chi connectivity index (χ1) is 9.71. The molecule has 3 N–H and O–H groups in total. The van der Waals surface area contributed by atoms with Gasteiger partial charge in [0.2, 0.25) is 0 Å². The van der Waals surface area contributed by atoms with Gasteiger partial charge in [-0.25, -0.2) is 5.43 Å². The summed E-state index contributed by atoms with van der Waals surface area (Å²) in [6.07, 6.45) is 3.58. The predicted molar refractivity (Wildman–Crippen MR) is 77.7 cm³/mol. The number of nitrogens with two attached hydrogens (primary N) is 1. The van der Waals surface area contributed by atoms with Gasteiger partial charge in [-0.1, -0.05) is 12.1 Å². The fourth-order valence-electron chi connectivity index (χ4n) is 2.25. The Morgan fingerprint density at radius 2 is 1.80 bits per heavy atom. The van der Waals surface area contributed by atoms with Crippen LogP contribution in [0, 0.1) is 6.92 Å². The zero-order valence-electron chi connectivity index (χ0n) is 11.9. The van der Waals surface area contributed by atoms with Crippen LogP contribution < -0.4 is 20.7 Å². The Hall–Kier alpha value is -2.11. The Kier molecular flexibility index (Phi) is 4.55. The summed E-state index contributed by atoms with van der Waals surface area (Å²) in [4.78, 5) is 4.21. The molecule has 0 aliphatic rings. The van der Waals surface area contributed by atoms with E-state index in [0.717, 1.165) is 16.7 Å². The summed E-state index contributed by atoms with van der Waals surface area (Å²) in [7, 11) is 3.25. The molecular weight excluding hydrogens is 254 g/mol. The maximum atomic E-state index is 5.75. The molecular formula is C15H19N3O2. The molecule has 0 bridgehead atoms. The monoisotopic (exact) mass is 273 g/mol. The Bertz CT molecular complexity index is 565. The van der Waals surface area contributed by atoms with E-state index in [1.165, 1.54) is 0 Å². The van der Waals surface area contributed by atoms with E-state index in [0.29, 0.717) is 11.5 Å². The number of rotatable bonds is 5. The van der Waals surface area contributed by atoms with E-state index in [-0.39, 0.29) is 6.04 Å². The second-order valence-electron chi connectivity index (χ2n) is 4.47. The quantitative estimate of drug-likeness (QED) is 0.644. The number of aryl methyl sites for hydroxylation is 1. The molecule has 1 unspecified atom stereocenters. The Labute approximate surface area is 118 Å². The maximum absolute atomic E-state index is 5.75. The average Bonchev–Trinajstić information content (AvgIpc) is 2.48. The highest BCUT2D eigenvalue weighted by Crippen LogP contribution is 2.36. The summed E-state index contributed by atoms with van der Waals surface area (Å²) in [5.74, 6) is 7.18. The lowest BCUT2D eigenvalue weighted by Crippen LogP contribution is -2.29. The van der Waals surface area contributed by atoms with Gasteiger partial charge >= 0.3 is 0 Å². The van der Waals surface area contributed by atoms with Gasteiger partial charge in [0.1, 0.15) is 11.5 Å². The smallest absolute Gasteiger partial charge is 0.127 e. The molecule has 2 rings (SSSR count). The average molecular weight is 273 g/mol. The van der Waals surface area contributed by atoms with Gasteiger partial charge in [-0.3, -0.25) is 10.8 Å². The highest BCUT2D eigenvalue weighted by molar-refractivity contribution is 5.50. The fourth-order valence-corrected chi connectivity index (χ4v) is 2.25. The zero-order chi connectivity index (χ0) is 14.5. The highest BCUT2D eigenvalue weighted by Gasteiger charge is 2.21. The number of methoxy groups -OCH3 is 2. The van der Waals surface area contributed by atoms with Crippen molar-refractivity contribution in [2.45, 2.75) is 13.0 Å². The number of hydrogen-bond acceptors (Lipinski definition) is 5. The number of nitrogens with one attached hydrogen (secondary N) is 1. The van der Waals surface area contributed by atoms with Crippen molar-refractivity contribution in [2.75, 3.05) is 14.2 Å². The third-order valence-electron chi connectivity index (χ3n) is 3.15. The van der Waals surface area contributed by atoms with Crippen molar-refractivity contribution >= 4 is 0 Å². The minimum absolute atomic E-state index is 0.256. The molecule has 1 heterocycles. The maximum Gasteiger partial charge on any atom is 0.127 e. The van der Waals surface area contributed by atoms with Crippen molar-refractivity contribution in [2.24, 2.45) is 5.84 Å². The molecule has 0 aliphatic heterocycles. The molecule has 0 amide bonds. The first-order valence-electron chi connectivity index (χ1n) is 6.29. The van der Waals surface area contributed by atoms with Crippen LogP contribution in [-0.2, 0) is 0 Å². The summed E-state index contributed by atoms with van der Waals surface area (Å²) in [5.41, 5.74) is 5.69. The van der Waals surface area contributed by atoms with Crippen molar-refractivity contribution < 1.29 is 9.47 Å². The number of pyridine rings is 1. The molecule has 2 aromatic rings. The van der Waals surface area contributed by atoms with Crippen LogP contribution >= 0.6 is 0 Å². The Balaban J connectivity index is 2.57. The second-order valence-corrected chi connectivity index (χ2v) is 4.47. The Morgan fingerprint density at radius 3 is 2.30 bits per heavy atom. The lowest BCUT2D eigenvalue weighted by Gasteiger charge is -2.22. The normalized spacial score (nSPS) is 12.0. The van der Waals surface area contributed by atoms with Crippen LogP contribution in [0.25, 0.3) is 0 Å². The van der Waals surface area contributed by atoms with Crippen molar-refractivity contribution in [3.8, 4) is 11.5 Å². The van der Waals surface area contributed by atoms with Gasteiger partial charge in [0, 0.05) is 12.4 Å². The van der Waals surface area contributed by atoms with Gasteiger partial charge in [-0.2, -0.15) is 0 Å². The van der Waals surface area contributed by atoms with Crippen molar-refractivity contribution in [1.82, 2.24) is 10.4 Å². The minimum atomic E-state index is -0.256. The van der Waals surface area contributed by atoms with Crippen LogP contribution in [0.4, 0.5) is 0 Å². The van der Waals surface area contributed by atoms with Crippen molar-refractivity contribution in [3.63, 3.8) is 0 Å². The lowest BCUT2D eigenvalue weighted by molar-refractivity contribution is 0.377. The molecule has 0 fully saturated rings. The van der Waals surface area contributed by atoms with E-state index >= 15 is 0 Å². The number of benzene rings is 1. The summed E-state index contributed by atoms with van der Waals surface area (Å²) >= 11 is 0. The number of aromatic nitrogens is 1. The molecule has 5 heteroatoms. The molecule has 20 heavy (non-hydrogen) atoms. The van der Waals surface area contributed by atoms with Gasteiger partial charge in [0.15, 0.2) is 0 Å². The summed E-state index contributed by atoms with van der Waals surface area (Å²) < 4.78 is 10.9. The molecule has 1 aromatic heterocycles. The van der Waals surface area contributed by atoms with E-state index in [1.54, 1.807) is 26.6 Å². The molecule has 1 atom stereocenters.